The van der Waals surface area contributed by atoms with Gasteiger partial charge in [-0.2, -0.15) is 0 Å². The van der Waals surface area contributed by atoms with E-state index in [0.717, 1.165) is 12.8 Å². The lowest BCUT2D eigenvalue weighted by atomic mass is 9.74. The highest BCUT2D eigenvalue weighted by atomic mass is 16.5. The number of hydrogen-bond acceptors (Lipinski definition) is 4. The lowest BCUT2D eigenvalue weighted by Gasteiger charge is -2.32. The molecular weight excluding hydrogens is 184 g/mol. The number of carbonyl (C=O) groups excluding carboxylic acids is 2. The summed E-state index contributed by atoms with van der Waals surface area (Å²) < 4.78 is 9.83. The van der Waals surface area contributed by atoms with Gasteiger partial charge in [-0.05, 0) is 25.7 Å². The van der Waals surface area contributed by atoms with Crippen LogP contribution in [0.3, 0.4) is 0 Å². The van der Waals surface area contributed by atoms with Crippen LogP contribution in [0.25, 0.3) is 0 Å². The molecule has 1 aliphatic rings. The van der Waals surface area contributed by atoms with Gasteiger partial charge in [0.15, 0.2) is 0 Å². The molecule has 1 heterocycles. The van der Waals surface area contributed by atoms with E-state index in [9.17, 15) is 9.59 Å². The van der Waals surface area contributed by atoms with Crippen LogP contribution in [-0.2, 0) is 19.1 Å². The van der Waals surface area contributed by atoms with Gasteiger partial charge in [-0.15, -0.1) is 0 Å². The van der Waals surface area contributed by atoms with Gasteiger partial charge in [-0.3, -0.25) is 4.79 Å². The normalized spacial score (nSPS) is 22.4. The molecule has 0 bridgehead atoms. The average molecular weight is 200 g/mol. The zero-order valence-electron chi connectivity index (χ0n) is 8.62. The van der Waals surface area contributed by atoms with Gasteiger partial charge in [0.05, 0.1) is 7.11 Å². The molecule has 1 unspecified atom stereocenters. The fourth-order valence-corrected chi connectivity index (χ4v) is 1.83. The monoisotopic (exact) mass is 200 g/mol. The van der Waals surface area contributed by atoms with Crippen LogP contribution in [0.2, 0.25) is 0 Å². The summed E-state index contributed by atoms with van der Waals surface area (Å²) in [6.07, 6.45) is 2.18. The lowest BCUT2D eigenvalue weighted by Crippen LogP contribution is -2.41. The molecule has 0 saturated carbocycles. The third kappa shape index (κ3) is 1.95. The van der Waals surface area contributed by atoms with E-state index in [1.807, 2.05) is 0 Å². The molecule has 0 aliphatic carbocycles. The van der Waals surface area contributed by atoms with Crippen LogP contribution in [0.5, 0.6) is 0 Å². The van der Waals surface area contributed by atoms with Gasteiger partial charge < -0.3 is 14.3 Å². The number of ether oxygens (including phenoxy) is 2. The highest BCUT2D eigenvalue weighted by Gasteiger charge is 2.42. The molecule has 0 aromatic rings. The average Bonchev–Trinajstić information content (AvgIpc) is 2.28. The molecule has 0 N–H and O–H groups in total. The maximum Gasteiger partial charge on any atom is 0.319 e. The maximum absolute atomic E-state index is 11.5. The molecule has 14 heavy (non-hydrogen) atoms. The predicted molar refractivity (Wildman–Crippen MR) is 49.7 cm³/mol. The molecule has 1 rings (SSSR count). The van der Waals surface area contributed by atoms with E-state index in [1.165, 1.54) is 7.11 Å². The van der Waals surface area contributed by atoms with E-state index in [2.05, 4.69) is 4.74 Å². The van der Waals surface area contributed by atoms with Crippen molar-refractivity contribution < 1.29 is 19.1 Å². The highest BCUT2D eigenvalue weighted by Crippen LogP contribution is 2.34. The van der Waals surface area contributed by atoms with Crippen LogP contribution < -0.4 is 0 Å². The van der Waals surface area contributed by atoms with E-state index >= 15 is 0 Å². The van der Waals surface area contributed by atoms with Gasteiger partial charge in [-0.1, -0.05) is 0 Å². The van der Waals surface area contributed by atoms with Gasteiger partial charge in [0.25, 0.3) is 0 Å². The third-order valence-electron chi connectivity index (χ3n) is 2.94. The summed E-state index contributed by atoms with van der Waals surface area (Å²) in [5.41, 5.74) is -1.00. The van der Waals surface area contributed by atoms with Crippen molar-refractivity contribution in [1.82, 2.24) is 0 Å². The Labute approximate surface area is 83.6 Å². The summed E-state index contributed by atoms with van der Waals surface area (Å²) in [5.74, 6) is -0.402. The van der Waals surface area contributed by atoms with Crippen molar-refractivity contribution in [3.63, 3.8) is 0 Å². The predicted octanol–water partition coefficient (Wildman–Crippen LogP) is 0.791. The zero-order chi connectivity index (χ0) is 10.6. The highest BCUT2D eigenvalue weighted by molar-refractivity contribution is 5.93. The summed E-state index contributed by atoms with van der Waals surface area (Å²) in [4.78, 5) is 22.5. The van der Waals surface area contributed by atoms with Crippen LogP contribution >= 0.6 is 0 Å². The summed E-state index contributed by atoms with van der Waals surface area (Å²) in [6, 6.07) is 0. The molecule has 4 nitrogen and oxygen atoms in total. The molecule has 0 aromatic carbocycles. The first kappa shape index (κ1) is 11.2. The summed E-state index contributed by atoms with van der Waals surface area (Å²) >= 11 is 0. The summed E-state index contributed by atoms with van der Waals surface area (Å²) in [7, 11) is 1.31. The van der Waals surface area contributed by atoms with Gasteiger partial charge in [0, 0.05) is 13.2 Å². The number of hydrogen-bond donors (Lipinski definition) is 0. The molecule has 1 atom stereocenters. The van der Waals surface area contributed by atoms with Crippen molar-refractivity contribution in [2.45, 2.75) is 19.8 Å². The van der Waals surface area contributed by atoms with E-state index < -0.39 is 11.4 Å². The van der Waals surface area contributed by atoms with Crippen molar-refractivity contribution in [2.24, 2.45) is 11.3 Å². The Morgan fingerprint density at radius 2 is 2.07 bits per heavy atom. The van der Waals surface area contributed by atoms with E-state index in [4.69, 9.17) is 4.74 Å². The van der Waals surface area contributed by atoms with Crippen molar-refractivity contribution in [3.8, 4) is 0 Å². The SMILES string of the molecule is COC(=O)C(C)(C=O)C1CCOCC1. The zero-order valence-corrected chi connectivity index (χ0v) is 8.62. The fourth-order valence-electron chi connectivity index (χ4n) is 1.83. The second kappa shape index (κ2) is 4.55. The Balaban J connectivity index is 2.76. The van der Waals surface area contributed by atoms with E-state index in [1.54, 1.807) is 6.92 Å². The van der Waals surface area contributed by atoms with Crippen molar-refractivity contribution >= 4 is 12.3 Å². The molecular formula is C10H16O4. The first-order valence-corrected chi connectivity index (χ1v) is 4.77. The summed E-state index contributed by atoms with van der Waals surface area (Å²) in [5, 5.41) is 0. The topological polar surface area (TPSA) is 52.6 Å². The third-order valence-corrected chi connectivity index (χ3v) is 2.94. The van der Waals surface area contributed by atoms with Crippen LogP contribution in [0, 0.1) is 11.3 Å². The van der Waals surface area contributed by atoms with Crippen molar-refractivity contribution in [3.05, 3.63) is 0 Å². The first-order valence-electron chi connectivity index (χ1n) is 4.77. The second-order valence-electron chi connectivity index (χ2n) is 3.78. The molecule has 1 fully saturated rings. The van der Waals surface area contributed by atoms with Crippen LogP contribution in [0.4, 0.5) is 0 Å². The minimum absolute atomic E-state index is 0.0428. The van der Waals surface area contributed by atoms with E-state index in [0.29, 0.717) is 19.5 Å². The Hall–Kier alpha value is -0.900. The van der Waals surface area contributed by atoms with Crippen molar-refractivity contribution in [2.75, 3.05) is 20.3 Å². The Morgan fingerprint density at radius 1 is 1.50 bits per heavy atom. The molecule has 80 valence electrons. The van der Waals surface area contributed by atoms with Crippen LogP contribution in [0.15, 0.2) is 0 Å². The van der Waals surface area contributed by atoms with Crippen LogP contribution in [0.1, 0.15) is 19.8 Å². The minimum atomic E-state index is -1.00. The van der Waals surface area contributed by atoms with Gasteiger partial charge in [0.1, 0.15) is 11.7 Å². The first-order chi connectivity index (χ1) is 6.65. The Bertz CT molecular complexity index is 220. The molecule has 0 aromatic heterocycles. The quantitative estimate of drug-likeness (QED) is 0.384. The molecule has 1 aliphatic heterocycles. The number of esters is 1. The summed E-state index contributed by atoms with van der Waals surface area (Å²) in [6.45, 7) is 2.87. The standard InChI is InChI=1S/C10H16O4/c1-10(7-11,9(12)13-2)8-3-5-14-6-4-8/h7-8H,3-6H2,1-2H3. The number of carbonyl (C=O) groups is 2. The fraction of sp³-hybridized carbons (Fsp3) is 0.800. The number of aldehydes is 1. The largest absolute Gasteiger partial charge is 0.468 e. The minimum Gasteiger partial charge on any atom is -0.468 e. The Kier molecular flexibility index (Phi) is 3.63. The van der Waals surface area contributed by atoms with Crippen LogP contribution in [-0.4, -0.2) is 32.6 Å². The molecule has 0 radical (unpaired) electrons. The van der Waals surface area contributed by atoms with E-state index in [-0.39, 0.29) is 5.92 Å². The second-order valence-corrected chi connectivity index (χ2v) is 3.78. The molecule has 1 saturated heterocycles. The van der Waals surface area contributed by atoms with Gasteiger partial charge >= 0.3 is 5.97 Å². The van der Waals surface area contributed by atoms with Gasteiger partial charge in [0.2, 0.25) is 0 Å². The number of rotatable bonds is 3. The van der Waals surface area contributed by atoms with Gasteiger partial charge in [-0.25, -0.2) is 0 Å². The molecule has 4 heteroatoms. The molecule has 0 spiro atoms. The maximum atomic E-state index is 11.5. The number of methoxy groups -OCH3 is 1. The van der Waals surface area contributed by atoms with Crippen molar-refractivity contribution in [1.29, 1.82) is 0 Å². The lowest BCUT2D eigenvalue weighted by molar-refractivity contribution is -0.159. The molecule has 0 amide bonds. The Morgan fingerprint density at radius 3 is 2.50 bits per heavy atom. The smallest absolute Gasteiger partial charge is 0.319 e.